The van der Waals surface area contributed by atoms with Crippen LogP contribution < -0.4 is 5.30 Å². The Labute approximate surface area is 102 Å². The summed E-state index contributed by atoms with van der Waals surface area (Å²) in [6.45, 7) is 0. The van der Waals surface area contributed by atoms with Crippen molar-refractivity contribution >= 4 is 24.7 Å². The first-order valence-corrected chi connectivity index (χ1v) is 6.93. The van der Waals surface area contributed by atoms with Gasteiger partial charge in [0.1, 0.15) is 4.90 Å². The average Bonchev–Trinajstić information content (AvgIpc) is 2.28. The van der Waals surface area contributed by atoms with Crippen molar-refractivity contribution in [1.29, 1.82) is 0 Å². The molecule has 0 aliphatic carbocycles. The molecule has 0 saturated carbocycles. The summed E-state index contributed by atoms with van der Waals surface area (Å²) in [4.78, 5) is -0.0742. The topological polar surface area (TPSA) is 54.4 Å². The zero-order valence-electron chi connectivity index (χ0n) is 8.87. The highest BCUT2D eigenvalue weighted by molar-refractivity contribution is 7.86. The summed E-state index contributed by atoms with van der Waals surface area (Å²) in [5.74, 6) is 0. The minimum absolute atomic E-state index is 0.0742. The maximum absolute atomic E-state index is 11.3. The van der Waals surface area contributed by atoms with Crippen LogP contribution in [0.2, 0.25) is 0 Å². The van der Waals surface area contributed by atoms with Crippen molar-refractivity contribution in [2.75, 3.05) is 0 Å². The monoisotopic (exact) mass is 266 g/mol. The lowest BCUT2D eigenvalue weighted by molar-refractivity contribution is 0.483. The Morgan fingerprint density at radius 2 is 1.41 bits per heavy atom. The molecule has 0 aliphatic rings. The van der Waals surface area contributed by atoms with E-state index < -0.39 is 10.1 Å². The van der Waals surface area contributed by atoms with Gasteiger partial charge in [0.15, 0.2) is 0 Å². The molecular formula is C12H11O3PS. The molecule has 2 aromatic rings. The second-order valence-corrected chi connectivity index (χ2v) is 5.57. The minimum atomic E-state index is -4.21. The van der Waals surface area contributed by atoms with Gasteiger partial charge >= 0.3 is 0 Å². The van der Waals surface area contributed by atoms with E-state index >= 15 is 0 Å². The number of rotatable bonds is 2. The summed E-state index contributed by atoms with van der Waals surface area (Å²) in [6, 6.07) is 13.7. The molecule has 0 aliphatic heterocycles. The van der Waals surface area contributed by atoms with Crippen molar-refractivity contribution in [2.45, 2.75) is 4.90 Å². The summed E-state index contributed by atoms with van der Waals surface area (Å²) < 4.78 is 31.8. The van der Waals surface area contributed by atoms with Crippen LogP contribution in [0.1, 0.15) is 0 Å². The molecule has 1 N–H and O–H groups in total. The molecule has 5 heteroatoms. The van der Waals surface area contributed by atoms with E-state index in [1.165, 1.54) is 6.07 Å². The first-order valence-electron chi connectivity index (χ1n) is 4.91. The Morgan fingerprint density at radius 1 is 0.882 bits per heavy atom. The third-order valence-electron chi connectivity index (χ3n) is 2.42. The maximum atomic E-state index is 11.3. The molecule has 0 amide bonds. The molecule has 17 heavy (non-hydrogen) atoms. The van der Waals surface area contributed by atoms with Gasteiger partial charge in [0.2, 0.25) is 0 Å². The van der Waals surface area contributed by atoms with Crippen molar-refractivity contribution < 1.29 is 13.0 Å². The Hall–Kier alpha value is -1.22. The molecule has 0 aromatic heterocycles. The second kappa shape index (κ2) is 4.57. The van der Waals surface area contributed by atoms with Gasteiger partial charge in [-0.25, -0.2) is 0 Å². The second-order valence-electron chi connectivity index (χ2n) is 3.56. The normalized spacial score (nSPS) is 11.4. The smallest absolute Gasteiger partial charge is 0.282 e. The van der Waals surface area contributed by atoms with E-state index in [2.05, 4.69) is 9.24 Å². The van der Waals surface area contributed by atoms with Crippen molar-refractivity contribution in [2.24, 2.45) is 0 Å². The summed E-state index contributed by atoms with van der Waals surface area (Å²) in [7, 11) is -1.66. The van der Waals surface area contributed by atoms with Crippen LogP contribution in [0.15, 0.2) is 53.4 Å². The van der Waals surface area contributed by atoms with Gasteiger partial charge in [-0.3, -0.25) is 4.55 Å². The van der Waals surface area contributed by atoms with E-state index in [1.54, 1.807) is 18.2 Å². The van der Waals surface area contributed by atoms with Crippen molar-refractivity contribution in [3.63, 3.8) is 0 Å². The molecule has 0 heterocycles. The Morgan fingerprint density at radius 3 is 2.00 bits per heavy atom. The highest BCUT2D eigenvalue weighted by atomic mass is 32.2. The minimum Gasteiger partial charge on any atom is -0.282 e. The number of hydrogen-bond acceptors (Lipinski definition) is 2. The Kier molecular flexibility index (Phi) is 3.29. The average molecular weight is 266 g/mol. The molecule has 1 atom stereocenters. The SMILES string of the molecule is O=S(=O)(O)c1ccccc1-c1ccccc1P. The van der Waals surface area contributed by atoms with Crippen LogP contribution in [0.25, 0.3) is 11.1 Å². The fraction of sp³-hybridized carbons (Fsp3) is 0. The van der Waals surface area contributed by atoms with Gasteiger partial charge in [-0.1, -0.05) is 42.5 Å². The Bertz CT molecular complexity index is 650. The van der Waals surface area contributed by atoms with Gasteiger partial charge in [-0.15, -0.1) is 9.24 Å². The van der Waals surface area contributed by atoms with Gasteiger partial charge in [0.05, 0.1) is 0 Å². The third-order valence-corrected chi connectivity index (χ3v) is 3.83. The van der Waals surface area contributed by atoms with Crippen LogP contribution in [0, 0.1) is 0 Å². The fourth-order valence-electron chi connectivity index (χ4n) is 1.66. The van der Waals surface area contributed by atoms with E-state index in [0.29, 0.717) is 5.56 Å². The Balaban J connectivity index is 2.74. The van der Waals surface area contributed by atoms with Gasteiger partial charge in [0.25, 0.3) is 10.1 Å². The van der Waals surface area contributed by atoms with Crippen LogP contribution in [0.3, 0.4) is 0 Å². The molecule has 2 rings (SSSR count). The van der Waals surface area contributed by atoms with Gasteiger partial charge < -0.3 is 0 Å². The van der Waals surface area contributed by atoms with Crippen LogP contribution in [-0.4, -0.2) is 13.0 Å². The molecule has 0 saturated heterocycles. The lowest BCUT2D eigenvalue weighted by atomic mass is 10.1. The predicted molar refractivity (Wildman–Crippen MR) is 71.0 cm³/mol. The zero-order chi connectivity index (χ0) is 12.5. The molecule has 2 aromatic carbocycles. The predicted octanol–water partition coefficient (Wildman–Crippen LogP) is 2.10. The molecule has 0 spiro atoms. The largest absolute Gasteiger partial charge is 0.295 e. The van der Waals surface area contributed by atoms with Gasteiger partial charge in [-0.05, 0) is 16.9 Å². The number of benzene rings is 2. The van der Waals surface area contributed by atoms with E-state index in [-0.39, 0.29) is 4.90 Å². The van der Waals surface area contributed by atoms with Crippen molar-refractivity contribution in [1.82, 2.24) is 0 Å². The van der Waals surface area contributed by atoms with Crippen LogP contribution in [0.5, 0.6) is 0 Å². The first kappa shape index (κ1) is 12.2. The van der Waals surface area contributed by atoms with Crippen molar-refractivity contribution in [3.8, 4) is 11.1 Å². The summed E-state index contributed by atoms with van der Waals surface area (Å²) >= 11 is 0. The van der Waals surface area contributed by atoms with E-state index in [0.717, 1.165) is 10.9 Å². The van der Waals surface area contributed by atoms with Crippen LogP contribution in [0.4, 0.5) is 0 Å². The molecule has 0 radical (unpaired) electrons. The highest BCUT2D eigenvalue weighted by Gasteiger charge is 2.16. The van der Waals surface area contributed by atoms with Crippen LogP contribution in [-0.2, 0) is 10.1 Å². The molecule has 3 nitrogen and oxygen atoms in total. The van der Waals surface area contributed by atoms with Gasteiger partial charge in [-0.2, -0.15) is 8.42 Å². The first-order chi connectivity index (χ1) is 8.00. The molecule has 0 bridgehead atoms. The van der Waals surface area contributed by atoms with E-state index in [1.807, 2.05) is 24.3 Å². The molecule has 1 unspecified atom stereocenters. The fourth-order valence-corrected chi connectivity index (χ4v) is 2.73. The lowest BCUT2D eigenvalue weighted by Crippen LogP contribution is -2.04. The summed E-state index contributed by atoms with van der Waals surface area (Å²) in [5.41, 5.74) is 1.27. The zero-order valence-corrected chi connectivity index (χ0v) is 10.8. The maximum Gasteiger partial charge on any atom is 0.295 e. The summed E-state index contributed by atoms with van der Waals surface area (Å²) in [6.07, 6.45) is 0. The lowest BCUT2D eigenvalue weighted by Gasteiger charge is -2.09. The number of hydrogen-bond donors (Lipinski definition) is 1. The van der Waals surface area contributed by atoms with Crippen LogP contribution >= 0.6 is 9.24 Å². The standard InChI is InChI=1S/C12H11O3PS/c13-17(14,15)12-8-4-2-6-10(12)9-5-1-3-7-11(9)16/h1-8H,16H2,(H,13,14,15). The van der Waals surface area contributed by atoms with E-state index in [4.69, 9.17) is 0 Å². The molecule has 88 valence electrons. The third kappa shape index (κ3) is 2.55. The summed E-state index contributed by atoms with van der Waals surface area (Å²) in [5, 5.41) is 0.878. The highest BCUT2D eigenvalue weighted by Crippen LogP contribution is 2.26. The van der Waals surface area contributed by atoms with Gasteiger partial charge in [0, 0.05) is 5.56 Å². The van der Waals surface area contributed by atoms with E-state index in [9.17, 15) is 13.0 Å². The van der Waals surface area contributed by atoms with Crippen molar-refractivity contribution in [3.05, 3.63) is 48.5 Å². The quantitative estimate of drug-likeness (QED) is 0.669. The molecule has 0 fully saturated rings. The molecular weight excluding hydrogens is 255 g/mol.